The first-order valence-electron chi connectivity index (χ1n) is 2.43. The summed E-state index contributed by atoms with van der Waals surface area (Å²) in [5.74, 6) is -0.731. The number of thioether (sulfide) groups is 1. The van der Waals surface area contributed by atoms with Crippen LogP contribution in [0.4, 0.5) is 0 Å². The highest BCUT2D eigenvalue weighted by Gasteiger charge is 2.22. The van der Waals surface area contributed by atoms with Crippen molar-refractivity contribution in [3.63, 3.8) is 0 Å². The molecule has 0 radical (unpaired) electrons. The van der Waals surface area contributed by atoms with Crippen molar-refractivity contribution in [1.29, 1.82) is 0 Å². The summed E-state index contributed by atoms with van der Waals surface area (Å²) in [6, 6.07) is 0. The molecule has 4 heteroatoms. The molecule has 50 valence electrons. The average molecular weight is 209 g/mol. The SMILES string of the molecule is O=C(O)C1CC(Br)=CS1. The van der Waals surface area contributed by atoms with Crippen LogP contribution in [0, 0.1) is 0 Å². The lowest BCUT2D eigenvalue weighted by atomic mass is 10.3. The summed E-state index contributed by atoms with van der Waals surface area (Å²) in [5, 5.41) is 10.0. The zero-order valence-electron chi connectivity index (χ0n) is 4.50. The highest BCUT2D eigenvalue weighted by molar-refractivity contribution is 9.11. The van der Waals surface area contributed by atoms with Gasteiger partial charge in [-0.15, -0.1) is 11.8 Å². The molecule has 0 fully saturated rings. The highest BCUT2D eigenvalue weighted by atomic mass is 79.9. The van der Waals surface area contributed by atoms with Crippen LogP contribution in [0.1, 0.15) is 6.42 Å². The Kier molecular flexibility index (Phi) is 2.18. The van der Waals surface area contributed by atoms with Crippen LogP contribution in [0.5, 0.6) is 0 Å². The van der Waals surface area contributed by atoms with Gasteiger partial charge in [-0.2, -0.15) is 0 Å². The van der Waals surface area contributed by atoms with Gasteiger partial charge in [-0.25, -0.2) is 0 Å². The smallest absolute Gasteiger partial charge is 0.317 e. The molecule has 9 heavy (non-hydrogen) atoms. The average Bonchev–Trinajstić information content (AvgIpc) is 2.14. The molecule has 1 atom stereocenters. The van der Waals surface area contributed by atoms with E-state index in [0.29, 0.717) is 6.42 Å². The van der Waals surface area contributed by atoms with E-state index in [9.17, 15) is 4.79 Å². The Balaban J connectivity index is 2.47. The predicted octanol–water partition coefficient (Wildman–Crippen LogP) is 1.81. The maximum atomic E-state index is 10.3. The van der Waals surface area contributed by atoms with Crippen molar-refractivity contribution >= 4 is 33.7 Å². The van der Waals surface area contributed by atoms with Crippen molar-refractivity contribution in [3.8, 4) is 0 Å². The summed E-state index contributed by atoms with van der Waals surface area (Å²) < 4.78 is 0.986. The minimum absolute atomic E-state index is 0.264. The number of hydrogen-bond acceptors (Lipinski definition) is 2. The minimum atomic E-state index is -0.731. The number of hydrogen-bond donors (Lipinski definition) is 1. The second-order valence-electron chi connectivity index (χ2n) is 1.73. The zero-order chi connectivity index (χ0) is 6.85. The topological polar surface area (TPSA) is 37.3 Å². The summed E-state index contributed by atoms with van der Waals surface area (Å²) in [6.07, 6.45) is 0.625. The monoisotopic (exact) mass is 208 g/mol. The van der Waals surface area contributed by atoms with Crippen LogP contribution in [-0.4, -0.2) is 16.3 Å². The summed E-state index contributed by atoms with van der Waals surface area (Å²) in [6.45, 7) is 0. The van der Waals surface area contributed by atoms with Crippen molar-refractivity contribution in [3.05, 3.63) is 9.89 Å². The Hall–Kier alpha value is 0.0400. The van der Waals surface area contributed by atoms with Gasteiger partial charge in [-0.3, -0.25) is 4.79 Å². The van der Waals surface area contributed by atoms with Gasteiger partial charge in [0.2, 0.25) is 0 Å². The van der Waals surface area contributed by atoms with Crippen molar-refractivity contribution < 1.29 is 9.90 Å². The second kappa shape index (κ2) is 2.75. The molecule has 0 aromatic carbocycles. The van der Waals surface area contributed by atoms with E-state index >= 15 is 0 Å². The third-order valence-electron chi connectivity index (χ3n) is 1.02. The van der Waals surface area contributed by atoms with Crippen LogP contribution >= 0.6 is 27.7 Å². The number of halogens is 1. The molecule has 1 aliphatic heterocycles. The number of carboxylic acid groups (broad SMARTS) is 1. The zero-order valence-corrected chi connectivity index (χ0v) is 6.91. The van der Waals surface area contributed by atoms with E-state index in [1.54, 1.807) is 0 Å². The molecule has 0 bridgehead atoms. The quantitative estimate of drug-likeness (QED) is 0.715. The van der Waals surface area contributed by atoms with E-state index in [1.165, 1.54) is 11.8 Å². The van der Waals surface area contributed by atoms with E-state index in [-0.39, 0.29) is 5.25 Å². The lowest BCUT2D eigenvalue weighted by molar-refractivity contribution is -0.136. The van der Waals surface area contributed by atoms with Gasteiger partial charge in [0.15, 0.2) is 0 Å². The van der Waals surface area contributed by atoms with Gasteiger partial charge in [0.25, 0.3) is 0 Å². The summed E-state index contributed by atoms with van der Waals surface area (Å²) in [4.78, 5) is 10.3. The maximum absolute atomic E-state index is 10.3. The van der Waals surface area contributed by atoms with Crippen LogP contribution in [0.15, 0.2) is 9.89 Å². The highest BCUT2D eigenvalue weighted by Crippen LogP contribution is 2.33. The largest absolute Gasteiger partial charge is 0.480 e. The molecule has 0 aromatic rings. The van der Waals surface area contributed by atoms with E-state index in [1.807, 2.05) is 5.41 Å². The van der Waals surface area contributed by atoms with Gasteiger partial charge in [0.1, 0.15) is 5.25 Å². The molecule has 0 amide bonds. The van der Waals surface area contributed by atoms with E-state index in [2.05, 4.69) is 15.9 Å². The minimum Gasteiger partial charge on any atom is -0.480 e. The Bertz CT molecular complexity index is 166. The summed E-state index contributed by atoms with van der Waals surface area (Å²) in [5.41, 5.74) is 0. The summed E-state index contributed by atoms with van der Waals surface area (Å²) in [7, 11) is 0. The lowest BCUT2D eigenvalue weighted by Crippen LogP contribution is -2.12. The molecule has 1 N–H and O–H groups in total. The van der Waals surface area contributed by atoms with Crippen molar-refractivity contribution in [2.45, 2.75) is 11.7 Å². The number of carbonyl (C=O) groups is 1. The van der Waals surface area contributed by atoms with Gasteiger partial charge >= 0.3 is 5.97 Å². The van der Waals surface area contributed by atoms with Gasteiger partial charge in [-0.1, -0.05) is 15.9 Å². The molecule has 1 aliphatic rings. The van der Waals surface area contributed by atoms with Gasteiger partial charge in [0.05, 0.1) is 0 Å². The summed E-state index contributed by atoms with van der Waals surface area (Å²) >= 11 is 4.57. The molecule has 0 spiro atoms. The fourth-order valence-corrected chi connectivity index (χ4v) is 2.24. The first kappa shape index (κ1) is 7.15. The standard InChI is InChI=1S/C5H5BrO2S/c6-3-1-4(5(7)8)9-2-3/h2,4H,1H2,(H,7,8). The maximum Gasteiger partial charge on any atom is 0.317 e. The molecule has 0 saturated carbocycles. The van der Waals surface area contributed by atoms with Crippen molar-refractivity contribution in [2.75, 3.05) is 0 Å². The molecule has 1 heterocycles. The first-order chi connectivity index (χ1) is 4.20. The van der Waals surface area contributed by atoms with Crippen molar-refractivity contribution in [2.24, 2.45) is 0 Å². The molecule has 0 aromatic heterocycles. The molecule has 1 rings (SSSR count). The molecule has 2 nitrogen and oxygen atoms in total. The Morgan fingerprint density at radius 2 is 2.67 bits per heavy atom. The molecular weight excluding hydrogens is 204 g/mol. The third-order valence-corrected chi connectivity index (χ3v) is 2.99. The molecule has 0 aliphatic carbocycles. The predicted molar refractivity (Wildman–Crippen MR) is 40.6 cm³/mol. The number of aliphatic carboxylic acids is 1. The van der Waals surface area contributed by atoms with Crippen LogP contribution in [0.2, 0.25) is 0 Å². The van der Waals surface area contributed by atoms with E-state index in [0.717, 1.165) is 4.48 Å². The number of allylic oxidation sites excluding steroid dienone is 1. The Morgan fingerprint density at radius 1 is 2.00 bits per heavy atom. The molecule has 0 saturated heterocycles. The second-order valence-corrected chi connectivity index (χ2v) is 3.83. The van der Waals surface area contributed by atoms with Gasteiger partial charge < -0.3 is 5.11 Å². The molecular formula is C5H5BrO2S. The van der Waals surface area contributed by atoms with Gasteiger partial charge in [-0.05, 0) is 5.41 Å². The number of rotatable bonds is 1. The van der Waals surface area contributed by atoms with E-state index in [4.69, 9.17) is 5.11 Å². The fourth-order valence-electron chi connectivity index (χ4n) is 0.575. The Morgan fingerprint density at radius 3 is 2.89 bits per heavy atom. The number of carboxylic acids is 1. The molecule has 1 unspecified atom stereocenters. The van der Waals surface area contributed by atoms with Gasteiger partial charge in [0, 0.05) is 10.9 Å². The fraction of sp³-hybridized carbons (Fsp3) is 0.400. The van der Waals surface area contributed by atoms with Crippen molar-refractivity contribution in [1.82, 2.24) is 0 Å². The van der Waals surface area contributed by atoms with Crippen LogP contribution in [-0.2, 0) is 4.79 Å². The van der Waals surface area contributed by atoms with Crippen LogP contribution in [0.25, 0.3) is 0 Å². The lowest BCUT2D eigenvalue weighted by Gasteiger charge is -1.98. The normalized spacial score (nSPS) is 25.9. The van der Waals surface area contributed by atoms with Crippen LogP contribution in [0.3, 0.4) is 0 Å². The first-order valence-corrected chi connectivity index (χ1v) is 4.16. The van der Waals surface area contributed by atoms with E-state index < -0.39 is 5.97 Å². The van der Waals surface area contributed by atoms with Crippen LogP contribution < -0.4 is 0 Å². The third kappa shape index (κ3) is 1.72. The Labute approximate surface area is 65.4 Å².